The summed E-state index contributed by atoms with van der Waals surface area (Å²) in [7, 11) is -3.53. The van der Waals surface area contributed by atoms with Gasteiger partial charge >= 0.3 is 0 Å². The van der Waals surface area contributed by atoms with Crippen LogP contribution in [0.1, 0.15) is 17.7 Å². The van der Waals surface area contributed by atoms with E-state index in [1.54, 1.807) is 25.3 Å². The van der Waals surface area contributed by atoms with E-state index in [-0.39, 0.29) is 10.8 Å². The van der Waals surface area contributed by atoms with E-state index >= 15 is 0 Å². The monoisotopic (exact) mass is 417 g/mol. The fourth-order valence-electron chi connectivity index (χ4n) is 2.47. The van der Waals surface area contributed by atoms with Crippen molar-refractivity contribution in [2.45, 2.75) is 22.1 Å². The van der Waals surface area contributed by atoms with Gasteiger partial charge in [0.25, 0.3) is 0 Å². The maximum atomic E-state index is 12.9. The highest BCUT2D eigenvalue weighted by Gasteiger charge is 2.23. The van der Waals surface area contributed by atoms with Crippen molar-refractivity contribution in [3.8, 4) is 0 Å². The molecule has 3 N–H and O–H groups in total. The average molecular weight is 418 g/mol. The van der Waals surface area contributed by atoms with Crippen LogP contribution in [0, 0.1) is 0 Å². The van der Waals surface area contributed by atoms with E-state index in [1.165, 1.54) is 23.9 Å². The van der Waals surface area contributed by atoms with Crippen LogP contribution >= 0.6 is 11.8 Å². The van der Waals surface area contributed by atoms with Gasteiger partial charge in [-0.05, 0) is 29.8 Å². The van der Waals surface area contributed by atoms with Crippen LogP contribution in [0.15, 0.2) is 70.7 Å². The quantitative estimate of drug-likeness (QED) is 0.485. The Morgan fingerprint density at radius 2 is 1.86 bits per heavy atom. The van der Waals surface area contributed by atoms with Crippen LogP contribution in [0.4, 0.5) is 5.69 Å². The van der Waals surface area contributed by atoms with Crippen molar-refractivity contribution in [3.63, 3.8) is 0 Å². The molecule has 1 amide bonds. The number of rotatable bonds is 8. The Morgan fingerprint density at radius 1 is 1.14 bits per heavy atom. The maximum absolute atomic E-state index is 12.9. The number of H-pyrrole nitrogens is 1. The van der Waals surface area contributed by atoms with Crippen LogP contribution in [0.2, 0.25) is 0 Å². The van der Waals surface area contributed by atoms with Crippen molar-refractivity contribution >= 4 is 33.4 Å². The Hall–Kier alpha value is -2.69. The number of anilines is 1. The molecule has 10 heteroatoms. The van der Waals surface area contributed by atoms with Gasteiger partial charge in [0.05, 0.1) is 11.1 Å². The van der Waals surface area contributed by atoms with Gasteiger partial charge < -0.3 is 5.32 Å². The Labute approximate surface area is 167 Å². The van der Waals surface area contributed by atoms with Crippen molar-refractivity contribution in [3.05, 3.63) is 66.4 Å². The Bertz CT molecular complexity index is 1010. The van der Waals surface area contributed by atoms with Crippen molar-refractivity contribution in [1.82, 2.24) is 20.1 Å². The van der Waals surface area contributed by atoms with Crippen molar-refractivity contribution in [2.24, 2.45) is 0 Å². The van der Waals surface area contributed by atoms with Gasteiger partial charge in [-0.2, -0.15) is 10.3 Å². The molecular formula is C18H19N5O3S2. The van der Waals surface area contributed by atoms with Crippen LogP contribution in [-0.4, -0.2) is 36.3 Å². The van der Waals surface area contributed by atoms with Crippen LogP contribution in [0.3, 0.4) is 0 Å². The number of aromatic amines is 1. The summed E-state index contributed by atoms with van der Waals surface area (Å²) >= 11 is 1.27. The van der Waals surface area contributed by atoms with Gasteiger partial charge in [0.1, 0.15) is 10.3 Å². The minimum Gasteiger partial charge on any atom is -0.325 e. The number of sulfonamides is 1. The summed E-state index contributed by atoms with van der Waals surface area (Å²) in [5.74, 6) is -0.249. The number of carbonyl (C=O) groups excluding carboxylic acids is 1. The Kier molecular flexibility index (Phi) is 6.45. The molecule has 2 aromatic carbocycles. The van der Waals surface area contributed by atoms with Gasteiger partial charge in [0.2, 0.25) is 15.9 Å². The summed E-state index contributed by atoms with van der Waals surface area (Å²) in [6.07, 6.45) is 1.55. The van der Waals surface area contributed by atoms with E-state index in [9.17, 15) is 13.2 Å². The molecule has 0 unspecified atom stereocenters. The van der Waals surface area contributed by atoms with E-state index in [2.05, 4.69) is 25.4 Å². The second kappa shape index (κ2) is 9.00. The molecule has 0 fully saturated rings. The molecule has 0 radical (unpaired) electrons. The van der Waals surface area contributed by atoms with Gasteiger partial charge in [0.15, 0.2) is 0 Å². The Balaban J connectivity index is 1.78. The highest BCUT2D eigenvalue weighted by Crippen LogP contribution is 2.34. The lowest BCUT2D eigenvalue weighted by Crippen LogP contribution is -2.23. The van der Waals surface area contributed by atoms with E-state index in [0.29, 0.717) is 17.3 Å². The van der Waals surface area contributed by atoms with E-state index in [4.69, 9.17) is 0 Å². The molecule has 0 aliphatic rings. The maximum Gasteiger partial charge on any atom is 0.242 e. The van der Waals surface area contributed by atoms with Crippen molar-refractivity contribution < 1.29 is 13.2 Å². The molecule has 8 nitrogen and oxygen atoms in total. The molecule has 1 heterocycles. The minimum atomic E-state index is -3.53. The summed E-state index contributed by atoms with van der Waals surface area (Å²) in [5, 5.41) is 13.2. The summed E-state index contributed by atoms with van der Waals surface area (Å²) in [5.41, 5.74) is 1.32. The summed E-state index contributed by atoms with van der Waals surface area (Å²) < 4.78 is 26.5. The molecule has 0 aliphatic heterocycles. The third kappa shape index (κ3) is 4.97. The lowest BCUT2D eigenvalue weighted by Gasteiger charge is -2.16. The predicted octanol–water partition coefficient (Wildman–Crippen LogP) is 2.58. The molecule has 0 spiro atoms. The largest absolute Gasteiger partial charge is 0.325 e. The summed E-state index contributed by atoms with van der Waals surface area (Å²) in [6.45, 7) is 2.02. The highest BCUT2D eigenvalue weighted by atomic mass is 32.2. The van der Waals surface area contributed by atoms with Gasteiger partial charge in [-0.1, -0.05) is 49.0 Å². The third-order valence-corrected chi connectivity index (χ3v) is 6.46. The first kappa shape index (κ1) is 20.1. The molecule has 146 valence electrons. The first-order valence-electron chi connectivity index (χ1n) is 8.47. The van der Waals surface area contributed by atoms with Gasteiger partial charge in [-0.15, -0.1) is 5.10 Å². The first-order chi connectivity index (χ1) is 13.5. The standard InChI is InChI=1S/C18H19N5O3S2/c1-2-20-28(25,26)15-10-8-14(9-11-15)21-18(24)17(13-6-4-3-5-7-13)27-16-12-19-23-22-16/h3-12,17,20H,2H2,1H3,(H,21,24)(H,19,22,23)/t17-/m0/s1. The number of carbonyl (C=O) groups is 1. The molecular weight excluding hydrogens is 398 g/mol. The van der Waals surface area contributed by atoms with Crippen LogP contribution in [0.25, 0.3) is 0 Å². The number of amides is 1. The van der Waals surface area contributed by atoms with Crippen LogP contribution in [0.5, 0.6) is 0 Å². The number of nitrogens with one attached hydrogen (secondary N) is 3. The molecule has 28 heavy (non-hydrogen) atoms. The normalized spacial score (nSPS) is 12.5. The number of aromatic nitrogens is 3. The summed E-state index contributed by atoms with van der Waals surface area (Å²) in [4.78, 5) is 13.0. The number of hydrogen-bond donors (Lipinski definition) is 3. The number of hydrogen-bond acceptors (Lipinski definition) is 6. The smallest absolute Gasteiger partial charge is 0.242 e. The van der Waals surface area contributed by atoms with Crippen molar-refractivity contribution in [1.29, 1.82) is 0 Å². The zero-order valence-electron chi connectivity index (χ0n) is 15.0. The second-order valence-corrected chi connectivity index (χ2v) is 8.62. The van der Waals surface area contributed by atoms with E-state index in [1.807, 2.05) is 30.3 Å². The molecule has 0 bridgehead atoms. The molecule has 3 rings (SSSR count). The molecule has 1 atom stereocenters. The molecule has 1 aromatic heterocycles. The number of benzene rings is 2. The zero-order valence-corrected chi connectivity index (χ0v) is 16.6. The van der Waals surface area contributed by atoms with E-state index < -0.39 is 15.3 Å². The Morgan fingerprint density at radius 3 is 2.46 bits per heavy atom. The number of nitrogens with zero attached hydrogens (tertiary/aromatic N) is 2. The van der Waals surface area contributed by atoms with Crippen LogP contribution < -0.4 is 10.0 Å². The van der Waals surface area contributed by atoms with Crippen molar-refractivity contribution in [2.75, 3.05) is 11.9 Å². The lowest BCUT2D eigenvalue weighted by molar-refractivity contribution is -0.115. The molecule has 3 aromatic rings. The SMILES string of the molecule is CCNS(=O)(=O)c1ccc(NC(=O)[C@@H](Sc2cn[nH]n2)c2ccccc2)cc1. The highest BCUT2D eigenvalue weighted by molar-refractivity contribution is 8.00. The second-order valence-electron chi connectivity index (χ2n) is 5.73. The topological polar surface area (TPSA) is 117 Å². The lowest BCUT2D eigenvalue weighted by atomic mass is 10.1. The van der Waals surface area contributed by atoms with Gasteiger partial charge in [0, 0.05) is 12.2 Å². The van der Waals surface area contributed by atoms with Gasteiger partial charge in [-0.25, -0.2) is 13.1 Å². The fraction of sp³-hybridized carbons (Fsp3) is 0.167. The van der Waals surface area contributed by atoms with E-state index in [0.717, 1.165) is 5.56 Å². The minimum absolute atomic E-state index is 0.143. The van der Waals surface area contributed by atoms with Crippen LogP contribution in [-0.2, 0) is 14.8 Å². The fourth-order valence-corrected chi connectivity index (χ4v) is 4.42. The third-order valence-electron chi connectivity index (χ3n) is 3.74. The number of thioether (sulfide) groups is 1. The average Bonchev–Trinajstić information content (AvgIpc) is 3.20. The first-order valence-corrected chi connectivity index (χ1v) is 10.8. The predicted molar refractivity (Wildman–Crippen MR) is 107 cm³/mol. The molecule has 0 saturated carbocycles. The molecule has 0 aliphatic carbocycles. The zero-order chi connectivity index (χ0) is 20.0. The van der Waals surface area contributed by atoms with Gasteiger partial charge in [-0.3, -0.25) is 4.79 Å². The summed E-state index contributed by atoms with van der Waals surface area (Å²) in [6, 6.07) is 15.4. The molecule has 0 saturated heterocycles.